The number of halogens is 1. The molecule has 2 aromatic rings. The number of hydrogen-bond donors (Lipinski definition) is 1. The molecule has 0 radical (unpaired) electrons. The molecule has 0 saturated heterocycles. The van der Waals surface area contributed by atoms with Gasteiger partial charge in [-0.3, -0.25) is 4.79 Å². The number of nitrogens with one attached hydrogen (secondary N) is 1. The van der Waals surface area contributed by atoms with E-state index in [1.54, 1.807) is 13.0 Å². The highest BCUT2D eigenvalue weighted by atomic mass is 127. The minimum absolute atomic E-state index is 0.0997. The van der Waals surface area contributed by atoms with E-state index in [2.05, 4.69) is 34.5 Å². The van der Waals surface area contributed by atoms with Crippen LogP contribution in [0, 0.1) is 3.57 Å². The number of benzene rings is 2. The summed E-state index contributed by atoms with van der Waals surface area (Å²) in [7, 11) is 0. The Labute approximate surface area is 212 Å². The monoisotopic (exact) mass is 571 g/mol. The number of ketones is 1. The lowest BCUT2D eigenvalue weighted by molar-refractivity contribution is -0.138. The van der Waals surface area contributed by atoms with Gasteiger partial charge in [-0.05, 0) is 61.1 Å². The molecule has 0 bridgehead atoms. The van der Waals surface area contributed by atoms with Crippen LogP contribution >= 0.6 is 22.6 Å². The minimum Gasteiger partial charge on any atom is -0.490 e. The summed E-state index contributed by atoms with van der Waals surface area (Å²) in [6, 6.07) is 11.3. The molecular formula is C27H26INO5. The second kappa shape index (κ2) is 10.0. The second-order valence-corrected chi connectivity index (χ2v) is 9.01. The van der Waals surface area contributed by atoms with E-state index in [1.165, 1.54) is 0 Å². The van der Waals surface area contributed by atoms with Crippen LogP contribution in [0.4, 0.5) is 0 Å². The lowest BCUT2D eigenvalue weighted by Crippen LogP contribution is -2.29. The molecule has 1 N–H and O–H groups in total. The fourth-order valence-corrected chi connectivity index (χ4v) is 5.22. The van der Waals surface area contributed by atoms with Gasteiger partial charge >= 0.3 is 5.97 Å². The van der Waals surface area contributed by atoms with Crippen LogP contribution in [-0.2, 0) is 9.53 Å². The minimum atomic E-state index is -0.614. The molecule has 0 aromatic heterocycles. The van der Waals surface area contributed by atoms with E-state index in [9.17, 15) is 9.59 Å². The van der Waals surface area contributed by atoms with Gasteiger partial charge in [-0.1, -0.05) is 36.9 Å². The molecule has 0 unspecified atom stereocenters. The lowest BCUT2D eigenvalue weighted by atomic mass is 9.79. The maximum Gasteiger partial charge on any atom is 0.336 e. The van der Waals surface area contributed by atoms with Crippen LogP contribution in [0.1, 0.15) is 48.2 Å². The van der Waals surface area contributed by atoms with Crippen molar-refractivity contribution in [3.8, 4) is 11.5 Å². The van der Waals surface area contributed by atoms with Crippen LogP contribution in [0.3, 0.4) is 0 Å². The summed E-state index contributed by atoms with van der Waals surface area (Å²) in [5.74, 6) is -0.00843. The molecule has 1 heterocycles. The van der Waals surface area contributed by atoms with Gasteiger partial charge in [0.1, 0.15) is 6.61 Å². The van der Waals surface area contributed by atoms with Crippen molar-refractivity contribution in [2.75, 3.05) is 19.8 Å². The number of carbonyl (C=O) groups excluding carboxylic acids is 2. The average Bonchev–Trinajstić information content (AvgIpc) is 3.09. The first-order valence-corrected chi connectivity index (χ1v) is 12.2. The zero-order chi connectivity index (χ0) is 24.4. The number of esters is 1. The van der Waals surface area contributed by atoms with Crippen LogP contribution < -0.4 is 14.8 Å². The van der Waals surface area contributed by atoms with Crippen molar-refractivity contribution < 1.29 is 23.8 Å². The van der Waals surface area contributed by atoms with Gasteiger partial charge in [0.2, 0.25) is 0 Å². The summed E-state index contributed by atoms with van der Waals surface area (Å²) in [6.45, 7) is 10.2. The second-order valence-electron chi connectivity index (χ2n) is 7.84. The van der Waals surface area contributed by atoms with Gasteiger partial charge in [-0.2, -0.15) is 0 Å². The summed E-state index contributed by atoms with van der Waals surface area (Å²) in [5.41, 5.74) is 4.56. The normalized spacial score (nSPS) is 16.6. The first-order chi connectivity index (χ1) is 16.4. The molecule has 0 fully saturated rings. The maximum atomic E-state index is 13.6. The van der Waals surface area contributed by atoms with Crippen LogP contribution in [-0.4, -0.2) is 31.6 Å². The van der Waals surface area contributed by atoms with Gasteiger partial charge in [0.15, 0.2) is 17.3 Å². The van der Waals surface area contributed by atoms with Gasteiger partial charge < -0.3 is 19.5 Å². The SMILES string of the molecule is C=CCOc1c(I)cc([C@@H]2C(C(=O)OCC)=C(C)NC3=C2C(=O)c2ccccc23)cc1OCC. The topological polar surface area (TPSA) is 73.9 Å². The standard InChI is InChI=1S/C27H26INO5/c1-5-12-34-26-19(28)13-16(14-20(26)32-6-2)22-21(27(31)33-7-3)15(4)29-24-17-10-8-9-11-18(17)25(30)23(22)24/h5,8-11,13-14,22,29H,1,6-7,12H2,2-4H3/t22-/m1/s1. The molecular weight excluding hydrogens is 545 g/mol. The molecule has 1 atom stereocenters. The lowest BCUT2D eigenvalue weighted by Gasteiger charge is -2.30. The summed E-state index contributed by atoms with van der Waals surface area (Å²) in [4.78, 5) is 26.8. The van der Waals surface area contributed by atoms with E-state index in [-0.39, 0.29) is 12.4 Å². The fraction of sp³-hybridized carbons (Fsp3) is 0.259. The number of hydrogen-bond acceptors (Lipinski definition) is 6. The quantitative estimate of drug-likeness (QED) is 0.261. The molecule has 0 saturated carbocycles. The Kier molecular flexibility index (Phi) is 7.11. The summed E-state index contributed by atoms with van der Waals surface area (Å²) in [6.07, 6.45) is 1.67. The number of ether oxygens (including phenoxy) is 3. The smallest absolute Gasteiger partial charge is 0.336 e. The van der Waals surface area contributed by atoms with Crippen molar-refractivity contribution in [3.05, 3.63) is 86.2 Å². The molecule has 176 valence electrons. The van der Waals surface area contributed by atoms with E-state index in [1.807, 2.05) is 50.2 Å². The third-order valence-corrected chi connectivity index (χ3v) is 6.56. The summed E-state index contributed by atoms with van der Waals surface area (Å²) < 4.78 is 18.0. The number of rotatable bonds is 8. The molecule has 1 aliphatic heterocycles. The Morgan fingerprint density at radius 1 is 1.15 bits per heavy atom. The van der Waals surface area contributed by atoms with Crippen LogP contribution in [0.5, 0.6) is 11.5 Å². The number of carbonyl (C=O) groups is 2. The highest BCUT2D eigenvalue weighted by Crippen LogP contribution is 2.48. The van der Waals surface area contributed by atoms with E-state index in [0.717, 1.165) is 20.4 Å². The number of allylic oxidation sites excluding steroid dienone is 2. The van der Waals surface area contributed by atoms with Crippen molar-refractivity contribution in [1.29, 1.82) is 0 Å². The predicted molar refractivity (Wildman–Crippen MR) is 139 cm³/mol. The molecule has 2 aliphatic rings. The molecule has 2 aromatic carbocycles. The summed E-state index contributed by atoms with van der Waals surface area (Å²) >= 11 is 2.19. The highest BCUT2D eigenvalue weighted by Gasteiger charge is 2.43. The Bertz CT molecular complexity index is 1240. The number of fused-ring (bicyclic) bond motifs is 2. The van der Waals surface area contributed by atoms with Crippen LogP contribution in [0.25, 0.3) is 5.70 Å². The van der Waals surface area contributed by atoms with Gasteiger partial charge in [0.05, 0.1) is 28.1 Å². The Hall–Kier alpha value is -3.07. The van der Waals surface area contributed by atoms with Gasteiger partial charge in [0, 0.05) is 28.3 Å². The largest absolute Gasteiger partial charge is 0.490 e. The first kappa shape index (κ1) is 24.1. The zero-order valence-electron chi connectivity index (χ0n) is 19.4. The summed E-state index contributed by atoms with van der Waals surface area (Å²) in [5, 5.41) is 3.32. The molecule has 6 nitrogen and oxygen atoms in total. The van der Waals surface area contributed by atoms with Crippen molar-refractivity contribution >= 4 is 40.0 Å². The van der Waals surface area contributed by atoms with Crippen molar-refractivity contribution in [2.24, 2.45) is 0 Å². The number of Topliss-reactive ketones (excluding diaryl/α,β-unsaturated/α-hetero) is 1. The van der Waals surface area contributed by atoms with Crippen molar-refractivity contribution in [1.82, 2.24) is 5.32 Å². The van der Waals surface area contributed by atoms with E-state index in [0.29, 0.717) is 47.1 Å². The molecule has 0 spiro atoms. The molecule has 0 amide bonds. The Morgan fingerprint density at radius 2 is 1.88 bits per heavy atom. The van der Waals surface area contributed by atoms with Crippen LogP contribution in [0.2, 0.25) is 0 Å². The molecule has 34 heavy (non-hydrogen) atoms. The molecule has 1 aliphatic carbocycles. The molecule has 4 rings (SSSR count). The first-order valence-electron chi connectivity index (χ1n) is 11.2. The third kappa shape index (κ3) is 4.13. The van der Waals surface area contributed by atoms with E-state index < -0.39 is 11.9 Å². The van der Waals surface area contributed by atoms with E-state index >= 15 is 0 Å². The maximum absolute atomic E-state index is 13.6. The third-order valence-electron chi connectivity index (χ3n) is 5.75. The fourth-order valence-electron chi connectivity index (χ4n) is 4.44. The Balaban J connectivity index is 1.93. The van der Waals surface area contributed by atoms with Gasteiger partial charge in [0.25, 0.3) is 0 Å². The predicted octanol–water partition coefficient (Wildman–Crippen LogP) is 5.39. The molecule has 7 heteroatoms. The van der Waals surface area contributed by atoms with E-state index in [4.69, 9.17) is 14.2 Å². The number of dihydropyridines is 1. The van der Waals surface area contributed by atoms with Gasteiger partial charge in [-0.15, -0.1) is 0 Å². The zero-order valence-corrected chi connectivity index (χ0v) is 21.5. The van der Waals surface area contributed by atoms with Crippen molar-refractivity contribution in [3.63, 3.8) is 0 Å². The highest BCUT2D eigenvalue weighted by molar-refractivity contribution is 14.1. The Morgan fingerprint density at radius 3 is 2.56 bits per heavy atom. The van der Waals surface area contributed by atoms with Gasteiger partial charge in [-0.25, -0.2) is 4.79 Å². The van der Waals surface area contributed by atoms with Crippen LogP contribution in [0.15, 0.2) is 65.9 Å². The van der Waals surface area contributed by atoms with Crippen molar-refractivity contribution in [2.45, 2.75) is 26.7 Å². The average molecular weight is 571 g/mol.